The third kappa shape index (κ3) is 2.10. The number of carbonyl (C=O) groups excluding carboxylic acids is 1. The second kappa shape index (κ2) is 4.25. The first-order valence-electron chi connectivity index (χ1n) is 5.00. The van der Waals surface area contributed by atoms with E-state index < -0.39 is 11.7 Å². The minimum absolute atomic E-state index is 0.244. The Bertz CT molecular complexity index is 612. The van der Waals surface area contributed by atoms with Crippen LogP contribution in [-0.4, -0.2) is 15.6 Å². The van der Waals surface area contributed by atoms with Crippen LogP contribution in [0.15, 0.2) is 33.6 Å². The van der Waals surface area contributed by atoms with E-state index in [1.165, 1.54) is 0 Å². The molecule has 1 amide bonds. The Kier molecular flexibility index (Phi) is 2.78. The highest BCUT2D eigenvalue weighted by atomic mass is 16.5. The van der Waals surface area contributed by atoms with Crippen LogP contribution in [0.2, 0.25) is 0 Å². The monoisotopic (exact) mass is 233 g/mol. The summed E-state index contributed by atoms with van der Waals surface area (Å²) in [6.07, 6.45) is 0. The average Bonchev–Trinajstić information content (AvgIpc) is 2.61. The lowest BCUT2D eigenvalue weighted by atomic mass is 10.1. The third-order valence-electron chi connectivity index (χ3n) is 2.39. The van der Waals surface area contributed by atoms with Gasteiger partial charge in [0, 0.05) is 5.56 Å². The molecule has 1 heterocycles. The second-order valence-electron chi connectivity index (χ2n) is 3.64. The number of carbonyl (C=O) groups is 1. The summed E-state index contributed by atoms with van der Waals surface area (Å²) >= 11 is 0. The zero-order chi connectivity index (χ0) is 12.4. The summed E-state index contributed by atoms with van der Waals surface area (Å²) in [6, 6.07) is 7.36. The number of amides is 1. The lowest BCUT2D eigenvalue weighted by molar-refractivity contribution is -0.118. The fourth-order valence-corrected chi connectivity index (χ4v) is 1.58. The van der Waals surface area contributed by atoms with Gasteiger partial charge in [-0.1, -0.05) is 29.4 Å². The molecule has 2 N–H and O–H groups in total. The van der Waals surface area contributed by atoms with E-state index >= 15 is 0 Å². The van der Waals surface area contributed by atoms with Crippen LogP contribution in [0.1, 0.15) is 5.56 Å². The molecule has 0 bridgehead atoms. The predicted octanol–water partition coefficient (Wildman–Crippen LogP) is 0.297. The van der Waals surface area contributed by atoms with E-state index in [1.54, 1.807) is 6.07 Å². The minimum Gasteiger partial charge on any atom is -0.368 e. The molecule has 1 aromatic carbocycles. The molecule has 1 aromatic heterocycles. The SMILES string of the molecule is Cc1ccccc1-c1noc(=O)n1CC(N)=O. The standard InChI is InChI=1S/C11H11N3O3/c1-7-4-2-3-5-8(7)10-13-17-11(16)14(10)6-9(12)15/h2-5H,6H2,1H3,(H2,12,15). The summed E-state index contributed by atoms with van der Waals surface area (Å²) in [4.78, 5) is 22.3. The van der Waals surface area contributed by atoms with Crippen LogP contribution in [0, 0.1) is 6.92 Å². The van der Waals surface area contributed by atoms with Gasteiger partial charge in [0.2, 0.25) is 5.91 Å². The molecule has 0 aliphatic heterocycles. The molecule has 2 aromatic rings. The molecule has 2 rings (SSSR count). The van der Waals surface area contributed by atoms with Crippen molar-refractivity contribution in [2.24, 2.45) is 5.73 Å². The first-order valence-corrected chi connectivity index (χ1v) is 5.00. The summed E-state index contributed by atoms with van der Waals surface area (Å²) in [5, 5.41) is 3.67. The summed E-state index contributed by atoms with van der Waals surface area (Å²) < 4.78 is 5.67. The molecule has 6 heteroatoms. The number of hydrogen-bond donors (Lipinski definition) is 1. The summed E-state index contributed by atoms with van der Waals surface area (Å²) in [5.41, 5.74) is 6.73. The van der Waals surface area contributed by atoms with Crippen LogP contribution in [0.5, 0.6) is 0 Å². The van der Waals surface area contributed by atoms with Crippen LogP contribution in [0.3, 0.4) is 0 Å². The minimum atomic E-state index is -0.693. The average molecular weight is 233 g/mol. The highest BCUT2D eigenvalue weighted by Gasteiger charge is 2.15. The van der Waals surface area contributed by atoms with Crippen molar-refractivity contribution in [3.63, 3.8) is 0 Å². The van der Waals surface area contributed by atoms with Crippen LogP contribution >= 0.6 is 0 Å². The van der Waals surface area contributed by atoms with Crippen molar-refractivity contribution in [1.82, 2.24) is 9.72 Å². The second-order valence-corrected chi connectivity index (χ2v) is 3.64. The molecular weight excluding hydrogens is 222 g/mol. The maximum absolute atomic E-state index is 11.4. The number of aromatic nitrogens is 2. The van der Waals surface area contributed by atoms with E-state index in [9.17, 15) is 9.59 Å². The summed E-state index contributed by atoms with van der Waals surface area (Å²) in [5.74, 6) is -1.00. The van der Waals surface area contributed by atoms with Crippen molar-refractivity contribution in [3.8, 4) is 11.4 Å². The Balaban J connectivity index is 2.57. The number of aryl methyl sites for hydroxylation is 1. The molecule has 0 spiro atoms. The van der Waals surface area contributed by atoms with E-state index in [-0.39, 0.29) is 6.54 Å². The van der Waals surface area contributed by atoms with Crippen molar-refractivity contribution in [2.45, 2.75) is 13.5 Å². The van der Waals surface area contributed by atoms with Crippen molar-refractivity contribution in [3.05, 3.63) is 40.4 Å². The zero-order valence-corrected chi connectivity index (χ0v) is 9.21. The van der Waals surface area contributed by atoms with E-state index in [2.05, 4.69) is 9.68 Å². The molecule has 0 aliphatic carbocycles. The third-order valence-corrected chi connectivity index (χ3v) is 2.39. The molecule has 88 valence electrons. The summed E-state index contributed by atoms with van der Waals surface area (Å²) in [7, 11) is 0. The Morgan fingerprint density at radius 2 is 2.18 bits per heavy atom. The zero-order valence-electron chi connectivity index (χ0n) is 9.21. The Morgan fingerprint density at radius 1 is 1.47 bits per heavy atom. The number of benzene rings is 1. The molecule has 17 heavy (non-hydrogen) atoms. The molecule has 0 unspecified atom stereocenters. The quantitative estimate of drug-likeness (QED) is 0.825. The molecule has 6 nitrogen and oxygen atoms in total. The van der Waals surface area contributed by atoms with Crippen molar-refractivity contribution < 1.29 is 9.32 Å². The number of nitrogens with zero attached hydrogens (tertiary/aromatic N) is 2. The highest BCUT2D eigenvalue weighted by Crippen LogP contribution is 2.19. The lowest BCUT2D eigenvalue weighted by Crippen LogP contribution is -2.25. The summed E-state index contributed by atoms with van der Waals surface area (Å²) in [6.45, 7) is 1.63. The number of hydrogen-bond acceptors (Lipinski definition) is 4. The van der Waals surface area contributed by atoms with Crippen LogP contribution in [-0.2, 0) is 11.3 Å². The van der Waals surface area contributed by atoms with Gasteiger partial charge in [0.05, 0.1) is 0 Å². The van der Waals surface area contributed by atoms with Crippen molar-refractivity contribution in [2.75, 3.05) is 0 Å². The fraction of sp³-hybridized carbons (Fsp3) is 0.182. The van der Waals surface area contributed by atoms with Gasteiger partial charge in [0.1, 0.15) is 6.54 Å². The van der Waals surface area contributed by atoms with Gasteiger partial charge in [-0.3, -0.25) is 9.32 Å². The van der Waals surface area contributed by atoms with Gasteiger partial charge in [0.15, 0.2) is 5.82 Å². The Hall–Kier alpha value is -2.37. The normalized spacial score (nSPS) is 10.4. The smallest absolute Gasteiger partial charge is 0.368 e. The van der Waals surface area contributed by atoms with Gasteiger partial charge in [-0.25, -0.2) is 9.36 Å². The van der Waals surface area contributed by atoms with E-state index in [0.29, 0.717) is 5.82 Å². The van der Waals surface area contributed by atoms with Crippen LogP contribution in [0.25, 0.3) is 11.4 Å². The number of primary amides is 1. The Labute approximate surface area is 96.6 Å². The van der Waals surface area contributed by atoms with Gasteiger partial charge in [-0.05, 0) is 12.5 Å². The van der Waals surface area contributed by atoms with Crippen LogP contribution in [0.4, 0.5) is 0 Å². The van der Waals surface area contributed by atoms with Gasteiger partial charge < -0.3 is 5.73 Å². The molecule has 0 aliphatic rings. The van der Waals surface area contributed by atoms with E-state index in [0.717, 1.165) is 15.7 Å². The first-order chi connectivity index (χ1) is 8.09. The molecule has 0 saturated carbocycles. The molecular formula is C11H11N3O3. The van der Waals surface area contributed by atoms with Gasteiger partial charge >= 0.3 is 5.76 Å². The van der Waals surface area contributed by atoms with Crippen LogP contribution < -0.4 is 11.5 Å². The molecule has 0 radical (unpaired) electrons. The maximum atomic E-state index is 11.4. The number of rotatable bonds is 3. The largest absolute Gasteiger partial charge is 0.442 e. The predicted molar refractivity (Wildman–Crippen MR) is 60.1 cm³/mol. The lowest BCUT2D eigenvalue weighted by Gasteiger charge is -2.04. The van der Waals surface area contributed by atoms with E-state index in [4.69, 9.17) is 5.73 Å². The molecule has 0 saturated heterocycles. The maximum Gasteiger partial charge on any atom is 0.442 e. The van der Waals surface area contributed by atoms with Crippen molar-refractivity contribution in [1.29, 1.82) is 0 Å². The van der Waals surface area contributed by atoms with Crippen molar-refractivity contribution >= 4 is 5.91 Å². The molecule has 0 atom stereocenters. The van der Waals surface area contributed by atoms with Gasteiger partial charge in [-0.2, -0.15) is 0 Å². The first kappa shape index (κ1) is 11.1. The topological polar surface area (TPSA) is 91.1 Å². The fourth-order valence-electron chi connectivity index (χ4n) is 1.58. The van der Waals surface area contributed by atoms with Gasteiger partial charge in [-0.15, -0.1) is 0 Å². The van der Waals surface area contributed by atoms with E-state index in [1.807, 2.05) is 25.1 Å². The highest BCUT2D eigenvalue weighted by molar-refractivity contribution is 5.74. The molecule has 0 fully saturated rings. The number of nitrogens with two attached hydrogens (primary N) is 1. The Morgan fingerprint density at radius 3 is 2.82 bits per heavy atom. The van der Waals surface area contributed by atoms with Gasteiger partial charge in [0.25, 0.3) is 0 Å².